The number of para-hydroxylation sites is 2. The monoisotopic (exact) mass is 761 g/mol. The number of ketones is 1. The first-order valence-electron chi connectivity index (χ1n) is 18.8. The van der Waals surface area contributed by atoms with Crippen molar-refractivity contribution in [3.8, 4) is 17.3 Å². The fraction of sp³-hybridized carbons (Fsp3) is 0.538. The van der Waals surface area contributed by atoms with E-state index in [1.54, 1.807) is 39.0 Å². The highest BCUT2D eigenvalue weighted by atomic mass is 32.2. The molecule has 14 nitrogen and oxygen atoms in total. The van der Waals surface area contributed by atoms with Crippen LogP contribution in [0.2, 0.25) is 0 Å². The first-order chi connectivity index (χ1) is 25.7. The minimum Gasteiger partial charge on any atom is -0.473 e. The van der Waals surface area contributed by atoms with E-state index in [9.17, 15) is 27.6 Å². The number of carbonyl (C=O) groups is 4. The zero-order valence-corrected chi connectivity index (χ0v) is 31.5. The topological polar surface area (TPSA) is 196 Å². The van der Waals surface area contributed by atoms with E-state index in [2.05, 4.69) is 15.4 Å². The van der Waals surface area contributed by atoms with E-state index in [4.69, 9.17) is 23.9 Å². The Kier molecular flexibility index (Phi) is 10.3. The number of allylic oxidation sites excluding steroid dienone is 1. The zero-order chi connectivity index (χ0) is 38.3. The van der Waals surface area contributed by atoms with E-state index < -0.39 is 74.2 Å². The lowest BCUT2D eigenvalue weighted by molar-refractivity contribution is -0.136. The van der Waals surface area contributed by atoms with Gasteiger partial charge in [-0.2, -0.15) is 0 Å². The molecule has 1 aliphatic heterocycles. The third-order valence-electron chi connectivity index (χ3n) is 10.5. The maximum atomic E-state index is 14.6. The van der Waals surface area contributed by atoms with Crippen LogP contribution in [-0.2, 0) is 29.1 Å². The summed E-state index contributed by atoms with van der Waals surface area (Å²) < 4.78 is 45.6. The molecular weight excluding hydrogens is 715 g/mol. The van der Waals surface area contributed by atoms with E-state index >= 15 is 0 Å². The van der Waals surface area contributed by atoms with E-state index in [1.165, 1.54) is 6.26 Å². The number of hydrogen-bond donors (Lipinski definition) is 3. The van der Waals surface area contributed by atoms with Crippen LogP contribution in [0, 0.1) is 17.8 Å². The summed E-state index contributed by atoms with van der Waals surface area (Å²) >= 11 is 0. The third kappa shape index (κ3) is 8.30. The van der Waals surface area contributed by atoms with Crippen LogP contribution in [-0.4, -0.2) is 70.6 Å². The Balaban J connectivity index is 1.21. The quantitative estimate of drug-likeness (QED) is 0.270. The minimum absolute atomic E-state index is 0.0755. The van der Waals surface area contributed by atoms with Gasteiger partial charge in [-0.3, -0.25) is 19.1 Å². The van der Waals surface area contributed by atoms with Crippen LogP contribution in [0.15, 0.2) is 59.2 Å². The summed E-state index contributed by atoms with van der Waals surface area (Å²) in [5.74, 6) is -3.44. The number of aromatic nitrogens is 2. The fourth-order valence-corrected chi connectivity index (χ4v) is 8.87. The number of benzene rings is 1. The summed E-state index contributed by atoms with van der Waals surface area (Å²) in [6.45, 7) is 5.20. The predicted octanol–water partition coefficient (Wildman–Crippen LogP) is 5.13. The third-order valence-corrected chi connectivity index (χ3v) is 12.3. The number of fused-ring (bicyclic) bond motifs is 3. The summed E-state index contributed by atoms with van der Waals surface area (Å²) in [7, 11) is -3.89. The van der Waals surface area contributed by atoms with Crippen LogP contribution < -0.4 is 20.1 Å². The minimum atomic E-state index is -3.89. The van der Waals surface area contributed by atoms with Crippen molar-refractivity contribution < 1.29 is 41.5 Å². The van der Waals surface area contributed by atoms with Gasteiger partial charge in [0.05, 0.1) is 34.5 Å². The smallest absolute Gasteiger partial charge is 0.408 e. The van der Waals surface area contributed by atoms with Crippen molar-refractivity contribution in [3.05, 3.63) is 54.8 Å². The van der Waals surface area contributed by atoms with Crippen LogP contribution in [0.5, 0.6) is 5.88 Å². The fourth-order valence-electron chi connectivity index (χ4n) is 7.51. The molecule has 0 radical (unpaired) electrons. The number of Topliss-reactive ketones (excluding diaryl/α,β-unsaturated/α-hetero) is 1. The van der Waals surface area contributed by atoms with Crippen LogP contribution in [0.4, 0.5) is 4.79 Å². The Hall–Kier alpha value is -4.79. The number of carbonyl (C=O) groups excluding carboxylic acids is 4. The summed E-state index contributed by atoms with van der Waals surface area (Å²) in [5.41, 5.74) is -0.741. The van der Waals surface area contributed by atoms with Crippen molar-refractivity contribution in [3.63, 3.8) is 0 Å². The van der Waals surface area contributed by atoms with Gasteiger partial charge in [0.1, 0.15) is 17.2 Å². The molecule has 3 aliphatic carbocycles. The van der Waals surface area contributed by atoms with Crippen molar-refractivity contribution in [2.45, 2.75) is 114 Å². The maximum Gasteiger partial charge on any atom is 0.408 e. The maximum absolute atomic E-state index is 14.6. The van der Waals surface area contributed by atoms with Crippen LogP contribution in [0.25, 0.3) is 22.5 Å². The van der Waals surface area contributed by atoms with Gasteiger partial charge in [0.25, 0.3) is 5.91 Å². The van der Waals surface area contributed by atoms with Gasteiger partial charge in [0, 0.05) is 11.8 Å². The second-order valence-corrected chi connectivity index (χ2v) is 17.8. The largest absolute Gasteiger partial charge is 0.473 e. The first kappa shape index (κ1) is 37.5. The number of nitrogens with one attached hydrogen (secondary N) is 3. The zero-order valence-electron chi connectivity index (χ0n) is 30.7. The summed E-state index contributed by atoms with van der Waals surface area (Å²) in [5, 5.41) is 5.06. The van der Waals surface area contributed by atoms with E-state index in [-0.39, 0.29) is 30.9 Å². The number of furan rings is 1. The molecule has 2 unspecified atom stereocenters. The summed E-state index contributed by atoms with van der Waals surface area (Å²) in [4.78, 5) is 65.3. The van der Waals surface area contributed by atoms with Crippen molar-refractivity contribution in [2.24, 2.45) is 17.8 Å². The van der Waals surface area contributed by atoms with Gasteiger partial charge in [-0.1, -0.05) is 37.1 Å². The Bertz CT molecular complexity index is 2060. The first-order valence-corrected chi connectivity index (χ1v) is 20.3. The number of nitrogens with zero attached hydrogens (tertiary/aromatic N) is 2. The molecule has 0 bridgehead atoms. The molecule has 3 saturated carbocycles. The lowest BCUT2D eigenvalue weighted by Gasteiger charge is -2.27. The molecule has 54 heavy (non-hydrogen) atoms. The molecule has 3 heterocycles. The molecule has 3 amide bonds. The standard InChI is InChI=1S/C39H47N5O9S/c1-38(2,3)53-37(48)42-30-15-8-6-4-5-7-12-23-22-39(23,36(47)44-54(49,50)25-17-18-25)43-34(46)27-21-24(20-26(27)33(30)45)52-35-32(31-16-11-19-51-31)40-28-13-9-10-14-29(28)41-35/h7,9-14,16,19,23-27,30H,4-6,8,15,17-18,20-22H2,1-3H3,(H,42,48)(H,43,46)(H,44,47)/b12-7-/t23?,24-,26?,27+,30+,39+/m0/s1. The molecule has 4 aliphatic rings. The van der Waals surface area contributed by atoms with Gasteiger partial charge < -0.3 is 24.5 Å². The van der Waals surface area contributed by atoms with Gasteiger partial charge in [-0.05, 0) is 96.4 Å². The number of ether oxygens (including phenoxy) is 2. The molecule has 2 aromatic heterocycles. The Labute approximate surface area is 314 Å². The number of amides is 3. The number of hydrogen-bond acceptors (Lipinski definition) is 11. The second-order valence-electron chi connectivity index (χ2n) is 15.9. The van der Waals surface area contributed by atoms with Gasteiger partial charge in [0.15, 0.2) is 17.2 Å². The molecule has 3 N–H and O–H groups in total. The van der Waals surface area contributed by atoms with Crippen LogP contribution >= 0.6 is 0 Å². The van der Waals surface area contributed by atoms with Gasteiger partial charge in [-0.15, -0.1) is 0 Å². The molecule has 7 rings (SSSR count). The number of sulfonamides is 1. The Morgan fingerprint density at radius 3 is 2.41 bits per heavy atom. The summed E-state index contributed by atoms with van der Waals surface area (Å²) in [6, 6.07) is 9.80. The number of rotatable bonds is 7. The molecular formula is C39H47N5O9S. The van der Waals surface area contributed by atoms with Gasteiger partial charge >= 0.3 is 6.09 Å². The van der Waals surface area contributed by atoms with E-state index in [0.717, 1.165) is 12.8 Å². The van der Waals surface area contributed by atoms with Gasteiger partial charge in [-0.25, -0.2) is 23.2 Å². The van der Waals surface area contributed by atoms with Crippen molar-refractivity contribution in [1.82, 2.24) is 25.3 Å². The molecule has 0 spiro atoms. The molecule has 3 fully saturated rings. The molecule has 3 aromatic rings. The average molecular weight is 762 g/mol. The normalized spacial score (nSPS) is 28.4. The highest BCUT2D eigenvalue weighted by Gasteiger charge is 2.62. The lowest BCUT2D eigenvalue weighted by atomic mass is 9.85. The Morgan fingerprint density at radius 2 is 1.70 bits per heavy atom. The highest BCUT2D eigenvalue weighted by molar-refractivity contribution is 7.91. The van der Waals surface area contributed by atoms with Crippen LogP contribution in [0.1, 0.15) is 85.0 Å². The van der Waals surface area contributed by atoms with Crippen molar-refractivity contribution >= 4 is 44.7 Å². The highest BCUT2D eigenvalue weighted by Crippen LogP contribution is 2.47. The number of alkyl carbamates (subject to hydrolysis) is 1. The summed E-state index contributed by atoms with van der Waals surface area (Å²) in [6.07, 6.45) is 8.48. The SMILES string of the molecule is CC(C)(C)OC(=O)N[C@@H]1CCCCC/C=C\C2C[C@@]2(C(=O)NS(=O)(=O)C2CC2)NC(=O)[C@@H]2C[C@@H](Oc3nc4ccccc4nc3-c3ccco3)CC2C1=O. The van der Waals surface area contributed by atoms with Crippen LogP contribution in [0.3, 0.4) is 0 Å². The predicted molar refractivity (Wildman–Crippen MR) is 197 cm³/mol. The van der Waals surface area contributed by atoms with E-state index in [1.807, 2.05) is 30.4 Å². The van der Waals surface area contributed by atoms with E-state index in [0.29, 0.717) is 54.6 Å². The lowest BCUT2D eigenvalue weighted by Crippen LogP contribution is -2.54. The molecule has 6 atom stereocenters. The molecule has 15 heteroatoms. The van der Waals surface area contributed by atoms with Crippen molar-refractivity contribution in [2.75, 3.05) is 0 Å². The molecule has 288 valence electrons. The molecule has 0 saturated heterocycles. The average Bonchev–Trinajstić information content (AvgIpc) is 3.97. The Morgan fingerprint density at radius 1 is 0.963 bits per heavy atom. The molecule has 1 aromatic carbocycles. The van der Waals surface area contributed by atoms with Crippen molar-refractivity contribution in [1.29, 1.82) is 0 Å². The second kappa shape index (κ2) is 14.8. The van der Waals surface area contributed by atoms with Gasteiger partial charge in [0.2, 0.25) is 21.8 Å².